The molecule has 0 aromatic heterocycles. The van der Waals surface area contributed by atoms with Gasteiger partial charge >= 0.3 is 0 Å². The fourth-order valence-corrected chi connectivity index (χ4v) is 1.39. The number of aryl methyl sites for hydroxylation is 2. The highest BCUT2D eigenvalue weighted by Crippen LogP contribution is 2.28. The van der Waals surface area contributed by atoms with E-state index < -0.39 is 12.0 Å². The zero-order valence-electron chi connectivity index (χ0n) is 8.51. The Labute approximate surface area is 82.4 Å². The third kappa shape index (κ3) is 2.10. The minimum atomic E-state index is -2.77. The number of benzene rings is 1. The van der Waals surface area contributed by atoms with Gasteiger partial charge in [0.15, 0.2) is 0 Å². The van der Waals surface area contributed by atoms with Crippen LogP contribution in [-0.2, 0) is 5.60 Å². The van der Waals surface area contributed by atoms with Crippen LogP contribution in [0.5, 0.6) is 0 Å². The van der Waals surface area contributed by atoms with Gasteiger partial charge in [0, 0.05) is 0 Å². The molecular weight excluding hydrogens is 186 g/mol. The highest BCUT2D eigenvalue weighted by atomic mass is 19.3. The smallest absolute Gasteiger partial charge is 0.270 e. The largest absolute Gasteiger partial charge is 0.379 e. The standard InChI is InChI=1S/C11H14F2O/c1-7-4-8(2)6-9(5-7)11(3,14)10(12)13/h4-6,10,14H,1-3H3. The van der Waals surface area contributed by atoms with Crippen molar-refractivity contribution < 1.29 is 13.9 Å². The van der Waals surface area contributed by atoms with Crippen molar-refractivity contribution in [3.8, 4) is 0 Å². The Morgan fingerprint density at radius 3 is 1.93 bits per heavy atom. The molecule has 0 aliphatic heterocycles. The predicted octanol–water partition coefficient (Wildman–Crippen LogP) is 2.78. The highest BCUT2D eigenvalue weighted by molar-refractivity contribution is 5.32. The van der Waals surface area contributed by atoms with Gasteiger partial charge < -0.3 is 5.11 Å². The summed E-state index contributed by atoms with van der Waals surface area (Å²) in [6.45, 7) is 4.77. The monoisotopic (exact) mass is 200 g/mol. The molecule has 1 rings (SSSR count). The van der Waals surface area contributed by atoms with Crippen molar-refractivity contribution in [2.75, 3.05) is 0 Å². The van der Waals surface area contributed by atoms with Crippen molar-refractivity contribution in [1.29, 1.82) is 0 Å². The molecule has 0 saturated heterocycles. The SMILES string of the molecule is Cc1cc(C)cc(C(C)(O)C(F)F)c1. The molecule has 0 radical (unpaired) electrons. The first-order valence-electron chi connectivity index (χ1n) is 4.43. The van der Waals surface area contributed by atoms with Crippen molar-refractivity contribution in [1.82, 2.24) is 0 Å². The van der Waals surface area contributed by atoms with Crippen molar-refractivity contribution in [2.24, 2.45) is 0 Å². The van der Waals surface area contributed by atoms with Crippen LogP contribution in [0.2, 0.25) is 0 Å². The number of hydrogen-bond donors (Lipinski definition) is 1. The Morgan fingerprint density at radius 2 is 1.57 bits per heavy atom. The van der Waals surface area contributed by atoms with Crippen molar-refractivity contribution in [3.63, 3.8) is 0 Å². The van der Waals surface area contributed by atoms with E-state index in [-0.39, 0.29) is 5.56 Å². The quantitative estimate of drug-likeness (QED) is 0.778. The first-order valence-corrected chi connectivity index (χ1v) is 4.43. The lowest BCUT2D eigenvalue weighted by Gasteiger charge is -2.23. The number of rotatable bonds is 2. The van der Waals surface area contributed by atoms with Crippen LogP contribution in [0.4, 0.5) is 8.78 Å². The van der Waals surface area contributed by atoms with Crippen LogP contribution in [0.3, 0.4) is 0 Å². The third-order valence-corrected chi connectivity index (χ3v) is 2.23. The normalized spacial score (nSPS) is 15.6. The summed E-state index contributed by atoms with van der Waals surface area (Å²) in [7, 11) is 0. The van der Waals surface area contributed by atoms with Crippen LogP contribution in [-0.4, -0.2) is 11.5 Å². The average Bonchev–Trinajstić information content (AvgIpc) is 2.01. The second-order valence-electron chi connectivity index (χ2n) is 3.82. The Balaban J connectivity index is 3.18. The molecule has 78 valence electrons. The molecular formula is C11H14F2O. The van der Waals surface area contributed by atoms with Gasteiger partial charge in [0.2, 0.25) is 0 Å². The summed E-state index contributed by atoms with van der Waals surface area (Å²) in [5, 5.41) is 9.56. The lowest BCUT2D eigenvalue weighted by molar-refractivity contribution is -0.0883. The maximum absolute atomic E-state index is 12.5. The van der Waals surface area contributed by atoms with Crippen LogP contribution < -0.4 is 0 Å². The summed E-state index contributed by atoms with van der Waals surface area (Å²) in [5.74, 6) is 0. The minimum absolute atomic E-state index is 0.269. The van der Waals surface area contributed by atoms with Gasteiger partial charge in [0.25, 0.3) is 6.43 Å². The molecule has 0 spiro atoms. The molecule has 1 aromatic carbocycles. The van der Waals surface area contributed by atoms with Gasteiger partial charge in [0.05, 0.1) is 0 Å². The molecule has 1 atom stereocenters. The molecule has 0 amide bonds. The first-order chi connectivity index (χ1) is 6.34. The van der Waals surface area contributed by atoms with Gasteiger partial charge in [-0.3, -0.25) is 0 Å². The number of aliphatic hydroxyl groups is 1. The summed E-state index contributed by atoms with van der Waals surface area (Å²) in [6.07, 6.45) is -2.77. The van der Waals surface area contributed by atoms with E-state index in [1.165, 1.54) is 0 Å². The molecule has 0 aliphatic carbocycles. The second kappa shape index (κ2) is 3.65. The van der Waals surface area contributed by atoms with Gasteiger partial charge in [-0.2, -0.15) is 0 Å². The molecule has 14 heavy (non-hydrogen) atoms. The summed E-state index contributed by atoms with van der Waals surface area (Å²) in [5.41, 5.74) is -0.0385. The topological polar surface area (TPSA) is 20.2 Å². The minimum Gasteiger partial charge on any atom is -0.379 e. The van der Waals surface area contributed by atoms with Gasteiger partial charge in [-0.1, -0.05) is 29.3 Å². The van der Waals surface area contributed by atoms with Crippen molar-refractivity contribution in [3.05, 3.63) is 34.9 Å². The summed E-state index contributed by atoms with van der Waals surface area (Å²) >= 11 is 0. The molecule has 3 heteroatoms. The molecule has 0 bridgehead atoms. The summed E-state index contributed by atoms with van der Waals surface area (Å²) in [4.78, 5) is 0. The average molecular weight is 200 g/mol. The lowest BCUT2D eigenvalue weighted by Crippen LogP contribution is -2.30. The second-order valence-corrected chi connectivity index (χ2v) is 3.82. The third-order valence-electron chi connectivity index (χ3n) is 2.23. The predicted molar refractivity (Wildman–Crippen MR) is 51.5 cm³/mol. The number of hydrogen-bond acceptors (Lipinski definition) is 1. The van der Waals surface area contributed by atoms with Crippen molar-refractivity contribution in [2.45, 2.75) is 32.8 Å². The zero-order chi connectivity index (χ0) is 10.9. The maximum Gasteiger partial charge on any atom is 0.270 e. The number of halogens is 2. The molecule has 0 saturated carbocycles. The van der Waals surface area contributed by atoms with E-state index in [9.17, 15) is 13.9 Å². The van der Waals surface area contributed by atoms with Gasteiger partial charge in [0.1, 0.15) is 5.60 Å². The zero-order valence-corrected chi connectivity index (χ0v) is 8.51. The molecule has 1 aromatic rings. The highest BCUT2D eigenvalue weighted by Gasteiger charge is 2.34. The fourth-order valence-electron chi connectivity index (χ4n) is 1.39. The molecule has 0 fully saturated rings. The van der Waals surface area contributed by atoms with E-state index in [1.54, 1.807) is 12.1 Å². The fraction of sp³-hybridized carbons (Fsp3) is 0.455. The van der Waals surface area contributed by atoms with Crippen LogP contribution in [0, 0.1) is 13.8 Å². The Bertz CT molecular complexity index is 312. The van der Waals surface area contributed by atoms with Crippen molar-refractivity contribution >= 4 is 0 Å². The van der Waals surface area contributed by atoms with Gasteiger partial charge in [-0.25, -0.2) is 8.78 Å². The van der Waals surface area contributed by atoms with E-state index in [0.717, 1.165) is 18.1 Å². The van der Waals surface area contributed by atoms with Crippen LogP contribution in [0.15, 0.2) is 18.2 Å². The van der Waals surface area contributed by atoms with E-state index in [1.807, 2.05) is 19.9 Å². The Hall–Kier alpha value is -0.960. The molecule has 1 nitrogen and oxygen atoms in total. The molecule has 0 heterocycles. The van der Waals surface area contributed by atoms with E-state index in [4.69, 9.17) is 0 Å². The van der Waals surface area contributed by atoms with E-state index in [2.05, 4.69) is 0 Å². The molecule has 1 unspecified atom stereocenters. The Morgan fingerprint density at radius 1 is 1.14 bits per heavy atom. The van der Waals surface area contributed by atoms with E-state index >= 15 is 0 Å². The maximum atomic E-state index is 12.5. The summed E-state index contributed by atoms with van der Waals surface area (Å²) < 4.78 is 25.0. The molecule has 1 N–H and O–H groups in total. The van der Waals surface area contributed by atoms with Crippen LogP contribution >= 0.6 is 0 Å². The number of alkyl halides is 2. The Kier molecular flexibility index (Phi) is 2.90. The van der Waals surface area contributed by atoms with Crippen LogP contribution in [0.1, 0.15) is 23.6 Å². The van der Waals surface area contributed by atoms with Gasteiger partial charge in [-0.05, 0) is 26.3 Å². The summed E-state index contributed by atoms with van der Waals surface area (Å²) in [6, 6.07) is 5.05. The molecule has 0 aliphatic rings. The van der Waals surface area contributed by atoms with Gasteiger partial charge in [-0.15, -0.1) is 0 Å². The lowest BCUT2D eigenvalue weighted by atomic mass is 9.93. The van der Waals surface area contributed by atoms with E-state index in [0.29, 0.717) is 0 Å². The van der Waals surface area contributed by atoms with Crippen LogP contribution in [0.25, 0.3) is 0 Å². The first kappa shape index (κ1) is 11.1.